The molecular formula is C23H26O6. The van der Waals surface area contributed by atoms with Crippen molar-refractivity contribution < 1.29 is 28.5 Å². The Bertz CT molecular complexity index is 933. The fraction of sp³-hybridized carbons (Fsp3) is 0.304. The number of hydrogen-bond donors (Lipinski definition) is 1. The molecule has 0 saturated heterocycles. The number of aryl methyl sites for hydroxylation is 1. The van der Waals surface area contributed by atoms with Gasteiger partial charge >= 0.3 is 0 Å². The molecule has 0 aliphatic carbocycles. The molecule has 1 aromatic heterocycles. The van der Waals surface area contributed by atoms with Crippen molar-refractivity contribution in [3.05, 3.63) is 71.7 Å². The van der Waals surface area contributed by atoms with Gasteiger partial charge in [0.15, 0.2) is 23.0 Å². The zero-order valence-electron chi connectivity index (χ0n) is 17.0. The number of rotatable bonds is 9. The van der Waals surface area contributed by atoms with E-state index in [-0.39, 0.29) is 12.5 Å². The number of ether oxygens (including phenoxy) is 4. The monoisotopic (exact) mass is 398 g/mol. The maximum Gasteiger partial charge on any atom is 0.161 e. The van der Waals surface area contributed by atoms with Crippen molar-refractivity contribution in [1.82, 2.24) is 0 Å². The molecule has 0 radical (unpaired) electrons. The molecule has 2 aromatic carbocycles. The lowest BCUT2D eigenvalue weighted by molar-refractivity contribution is 0.0938. The number of para-hydroxylation sites is 2. The Balaban J connectivity index is 2.05. The zero-order valence-corrected chi connectivity index (χ0v) is 17.0. The summed E-state index contributed by atoms with van der Waals surface area (Å²) in [6, 6.07) is 16.7. The quantitative estimate of drug-likeness (QED) is 0.583. The summed E-state index contributed by atoms with van der Waals surface area (Å²) in [7, 11) is 4.76. The number of hydrogen-bond acceptors (Lipinski definition) is 6. The third kappa shape index (κ3) is 4.49. The molecular weight excluding hydrogens is 372 g/mol. The molecule has 0 fully saturated rings. The first-order valence-electron chi connectivity index (χ1n) is 9.30. The van der Waals surface area contributed by atoms with Crippen molar-refractivity contribution >= 4 is 0 Å². The molecule has 0 aliphatic rings. The van der Waals surface area contributed by atoms with Crippen molar-refractivity contribution in [3.63, 3.8) is 0 Å². The third-order valence-electron chi connectivity index (χ3n) is 4.73. The van der Waals surface area contributed by atoms with Gasteiger partial charge in [0.25, 0.3) is 0 Å². The predicted octanol–water partition coefficient (Wildman–Crippen LogP) is 4.19. The first kappa shape index (κ1) is 20.6. The minimum Gasteiger partial charge on any atom is -0.493 e. The van der Waals surface area contributed by atoms with Crippen LogP contribution in [0.2, 0.25) is 0 Å². The Morgan fingerprint density at radius 1 is 0.828 bits per heavy atom. The van der Waals surface area contributed by atoms with Gasteiger partial charge in [0.2, 0.25) is 0 Å². The first-order chi connectivity index (χ1) is 14.1. The Morgan fingerprint density at radius 3 is 2.07 bits per heavy atom. The zero-order chi connectivity index (χ0) is 20.8. The van der Waals surface area contributed by atoms with Gasteiger partial charge in [-0.1, -0.05) is 18.2 Å². The average Bonchev–Trinajstić information content (AvgIpc) is 3.18. The van der Waals surface area contributed by atoms with Crippen molar-refractivity contribution in [2.75, 3.05) is 27.9 Å². The highest BCUT2D eigenvalue weighted by Crippen LogP contribution is 2.38. The Hall–Kier alpha value is -3.12. The van der Waals surface area contributed by atoms with Gasteiger partial charge in [0, 0.05) is 0 Å². The molecule has 2 atom stereocenters. The van der Waals surface area contributed by atoms with Gasteiger partial charge in [0.05, 0.1) is 33.9 Å². The van der Waals surface area contributed by atoms with Gasteiger partial charge in [-0.05, 0) is 48.9 Å². The van der Waals surface area contributed by atoms with Crippen molar-refractivity contribution in [2.24, 2.45) is 0 Å². The van der Waals surface area contributed by atoms with Crippen LogP contribution in [0.15, 0.2) is 59.0 Å². The first-order valence-corrected chi connectivity index (χ1v) is 9.30. The van der Waals surface area contributed by atoms with E-state index in [9.17, 15) is 5.11 Å². The van der Waals surface area contributed by atoms with Crippen LogP contribution in [0.5, 0.6) is 23.0 Å². The largest absolute Gasteiger partial charge is 0.493 e. The second kappa shape index (κ2) is 9.39. The van der Waals surface area contributed by atoms with Gasteiger partial charge < -0.3 is 28.5 Å². The van der Waals surface area contributed by atoms with Crippen LogP contribution in [0.4, 0.5) is 0 Å². The lowest BCUT2D eigenvalue weighted by Gasteiger charge is -2.27. The lowest BCUT2D eigenvalue weighted by atomic mass is 9.90. The van der Waals surface area contributed by atoms with E-state index in [1.165, 1.54) is 0 Å². The summed E-state index contributed by atoms with van der Waals surface area (Å²) in [5, 5.41) is 10.2. The number of benzene rings is 2. The van der Waals surface area contributed by atoms with E-state index in [0.717, 1.165) is 11.3 Å². The predicted molar refractivity (Wildman–Crippen MR) is 109 cm³/mol. The van der Waals surface area contributed by atoms with Gasteiger partial charge in [0.1, 0.15) is 17.6 Å². The van der Waals surface area contributed by atoms with E-state index >= 15 is 0 Å². The van der Waals surface area contributed by atoms with E-state index in [0.29, 0.717) is 28.8 Å². The van der Waals surface area contributed by atoms with Crippen molar-refractivity contribution in [3.8, 4) is 23.0 Å². The third-order valence-corrected chi connectivity index (χ3v) is 4.73. The minimum absolute atomic E-state index is 0.225. The normalized spacial score (nSPS) is 12.9. The number of furan rings is 1. The fourth-order valence-electron chi connectivity index (χ4n) is 3.32. The molecule has 154 valence electrons. The molecule has 6 heteroatoms. The highest BCUT2D eigenvalue weighted by Gasteiger charge is 2.30. The van der Waals surface area contributed by atoms with Crippen LogP contribution in [0.1, 0.15) is 23.0 Å². The summed E-state index contributed by atoms with van der Waals surface area (Å²) in [5.41, 5.74) is 0.867. The maximum atomic E-state index is 10.2. The summed E-state index contributed by atoms with van der Waals surface area (Å²) < 4.78 is 28.3. The summed E-state index contributed by atoms with van der Waals surface area (Å²) in [4.78, 5) is 0. The lowest BCUT2D eigenvalue weighted by Crippen LogP contribution is -2.30. The molecule has 29 heavy (non-hydrogen) atoms. The van der Waals surface area contributed by atoms with Crippen LogP contribution in [0, 0.1) is 6.92 Å². The van der Waals surface area contributed by atoms with Crippen molar-refractivity contribution in [2.45, 2.75) is 18.9 Å². The van der Waals surface area contributed by atoms with Gasteiger partial charge in [-0.3, -0.25) is 0 Å². The number of methoxy groups -OCH3 is 3. The van der Waals surface area contributed by atoms with Gasteiger partial charge in [-0.25, -0.2) is 0 Å². The smallest absolute Gasteiger partial charge is 0.161 e. The summed E-state index contributed by atoms with van der Waals surface area (Å²) in [6.45, 7) is 1.65. The summed E-state index contributed by atoms with van der Waals surface area (Å²) in [6.07, 6.45) is -0.616. The highest BCUT2D eigenvalue weighted by atomic mass is 16.5. The molecule has 0 amide bonds. The SMILES string of the molecule is COc1ccc(C(c2ccc(C)o2)C(CO)Oc2ccccc2OC)cc1OC. The second-order valence-electron chi connectivity index (χ2n) is 6.53. The van der Waals surface area contributed by atoms with Crippen molar-refractivity contribution in [1.29, 1.82) is 0 Å². The Morgan fingerprint density at radius 2 is 1.48 bits per heavy atom. The van der Waals surface area contributed by atoms with E-state index < -0.39 is 6.10 Å². The van der Waals surface area contributed by atoms with E-state index in [2.05, 4.69) is 0 Å². The average molecular weight is 398 g/mol. The second-order valence-corrected chi connectivity index (χ2v) is 6.53. The van der Waals surface area contributed by atoms with E-state index in [1.807, 2.05) is 55.5 Å². The van der Waals surface area contributed by atoms with Crippen LogP contribution < -0.4 is 18.9 Å². The molecule has 0 spiro atoms. The van der Waals surface area contributed by atoms with Gasteiger partial charge in [-0.2, -0.15) is 0 Å². The number of aliphatic hydroxyl groups is 1. The molecule has 3 aromatic rings. The molecule has 0 aliphatic heterocycles. The van der Waals surface area contributed by atoms with Crippen LogP contribution in [-0.2, 0) is 0 Å². The van der Waals surface area contributed by atoms with E-state index in [4.69, 9.17) is 23.4 Å². The number of aliphatic hydroxyl groups excluding tert-OH is 1. The fourth-order valence-corrected chi connectivity index (χ4v) is 3.32. The van der Waals surface area contributed by atoms with Crippen LogP contribution >= 0.6 is 0 Å². The Labute approximate surface area is 170 Å². The topological polar surface area (TPSA) is 70.3 Å². The molecule has 6 nitrogen and oxygen atoms in total. The standard InChI is InChI=1S/C23H26O6/c1-15-9-11-20(28-15)23(16-10-12-18(26-3)21(13-16)27-4)22(14-24)29-19-8-6-5-7-17(19)25-2/h5-13,22-24H,14H2,1-4H3. The van der Waals surface area contributed by atoms with E-state index in [1.54, 1.807) is 27.4 Å². The Kier molecular flexibility index (Phi) is 6.67. The summed E-state index contributed by atoms with van der Waals surface area (Å²) >= 11 is 0. The molecule has 1 N–H and O–H groups in total. The van der Waals surface area contributed by atoms with Crippen LogP contribution in [-0.4, -0.2) is 39.1 Å². The maximum absolute atomic E-state index is 10.2. The van der Waals surface area contributed by atoms with Crippen LogP contribution in [0.3, 0.4) is 0 Å². The molecule has 0 saturated carbocycles. The molecule has 2 unspecified atom stereocenters. The van der Waals surface area contributed by atoms with Gasteiger partial charge in [-0.15, -0.1) is 0 Å². The minimum atomic E-state index is -0.616. The summed E-state index contributed by atoms with van der Waals surface area (Å²) in [5.74, 6) is 3.43. The molecule has 1 heterocycles. The molecule has 3 rings (SSSR count). The van der Waals surface area contributed by atoms with Crippen LogP contribution in [0.25, 0.3) is 0 Å². The molecule has 0 bridgehead atoms. The highest BCUT2D eigenvalue weighted by molar-refractivity contribution is 5.46.